The van der Waals surface area contributed by atoms with Gasteiger partial charge < -0.3 is 16.3 Å². The first-order valence-electron chi connectivity index (χ1n) is 6.99. The van der Waals surface area contributed by atoms with Crippen molar-refractivity contribution in [3.8, 4) is 0 Å². The van der Waals surface area contributed by atoms with Crippen LogP contribution in [0.15, 0.2) is 29.4 Å². The number of amidine groups is 1. The summed E-state index contributed by atoms with van der Waals surface area (Å²) in [6.45, 7) is 2.22. The summed E-state index contributed by atoms with van der Waals surface area (Å²) in [4.78, 5) is 12.2. The molecule has 1 saturated carbocycles. The van der Waals surface area contributed by atoms with E-state index in [4.69, 9.17) is 10.9 Å². The molecule has 0 heterocycles. The lowest BCUT2D eigenvalue weighted by Gasteiger charge is -2.27. The van der Waals surface area contributed by atoms with E-state index in [1.54, 1.807) is 24.3 Å². The maximum Gasteiger partial charge on any atom is 0.251 e. The zero-order valence-corrected chi connectivity index (χ0v) is 11.7. The molecule has 1 aliphatic rings. The number of carbonyl (C=O) groups excluding carboxylic acids is 1. The molecular weight excluding hydrogens is 254 g/mol. The van der Waals surface area contributed by atoms with Gasteiger partial charge >= 0.3 is 0 Å². The van der Waals surface area contributed by atoms with E-state index < -0.39 is 0 Å². The Hall–Kier alpha value is -2.04. The van der Waals surface area contributed by atoms with Crippen molar-refractivity contribution >= 4 is 11.7 Å². The van der Waals surface area contributed by atoms with Crippen molar-refractivity contribution in [3.05, 3.63) is 35.4 Å². The fourth-order valence-corrected chi connectivity index (χ4v) is 2.71. The predicted molar refractivity (Wildman–Crippen MR) is 77.8 cm³/mol. The van der Waals surface area contributed by atoms with E-state index >= 15 is 0 Å². The SMILES string of the molecule is CC1CCCC(NC(=O)c2cccc(/C(N)=N/O)c2)C1. The van der Waals surface area contributed by atoms with Gasteiger partial charge in [0, 0.05) is 17.2 Å². The zero-order valence-electron chi connectivity index (χ0n) is 11.7. The van der Waals surface area contributed by atoms with Gasteiger partial charge in [0.25, 0.3) is 5.91 Å². The molecule has 4 N–H and O–H groups in total. The van der Waals surface area contributed by atoms with Crippen molar-refractivity contribution < 1.29 is 10.0 Å². The number of rotatable bonds is 3. The van der Waals surface area contributed by atoms with E-state index in [2.05, 4.69) is 17.4 Å². The van der Waals surface area contributed by atoms with Gasteiger partial charge in [0.05, 0.1) is 0 Å². The number of hydrogen-bond donors (Lipinski definition) is 3. The summed E-state index contributed by atoms with van der Waals surface area (Å²) in [6.07, 6.45) is 4.48. The third-order valence-electron chi connectivity index (χ3n) is 3.80. The van der Waals surface area contributed by atoms with Gasteiger partial charge in [0.1, 0.15) is 0 Å². The minimum atomic E-state index is -0.100. The Morgan fingerprint density at radius 2 is 2.15 bits per heavy atom. The fourth-order valence-electron chi connectivity index (χ4n) is 2.71. The van der Waals surface area contributed by atoms with Gasteiger partial charge in [-0.25, -0.2) is 0 Å². The lowest BCUT2D eigenvalue weighted by Crippen LogP contribution is -2.38. The molecule has 2 unspecified atom stereocenters. The summed E-state index contributed by atoms with van der Waals surface area (Å²) in [5, 5.41) is 14.7. The molecule has 1 aromatic carbocycles. The van der Waals surface area contributed by atoms with Crippen molar-refractivity contribution in [2.45, 2.75) is 38.6 Å². The van der Waals surface area contributed by atoms with Crippen LogP contribution in [0, 0.1) is 5.92 Å². The summed E-state index contributed by atoms with van der Waals surface area (Å²) in [7, 11) is 0. The zero-order chi connectivity index (χ0) is 14.5. The molecule has 2 atom stereocenters. The first-order chi connectivity index (χ1) is 9.60. The largest absolute Gasteiger partial charge is 0.409 e. The molecule has 0 saturated heterocycles. The topological polar surface area (TPSA) is 87.7 Å². The number of nitrogens with zero attached hydrogens (tertiary/aromatic N) is 1. The fraction of sp³-hybridized carbons (Fsp3) is 0.467. The summed E-state index contributed by atoms with van der Waals surface area (Å²) >= 11 is 0. The van der Waals surface area contributed by atoms with Crippen LogP contribution in [0.2, 0.25) is 0 Å². The van der Waals surface area contributed by atoms with E-state index in [-0.39, 0.29) is 17.8 Å². The van der Waals surface area contributed by atoms with E-state index in [0.29, 0.717) is 17.0 Å². The molecule has 1 fully saturated rings. The molecule has 0 radical (unpaired) electrons. The molecular formula is C15H21N3O2. The number of amides is 1. The van der Waals surface area contributed by atoms with Crippen molar-refractivity contribution in [2.75, 3.05) is 0 Å². The van der Waals surface area contributed by atoms with Gasteiger partial charge in [0.2, 0.25) is 0 Å². The quantitative estimate of drug-likeness (QED) is 0.341. The van der Waals surface area contributed by atoms with Crippen LogP contribution in [-0.2, 0) is 0 Å². The Bertz CT molecular complexity index is 514. The number of hydrogen-bond acceptors (Lipinski definition) is 3. The molecule has 0 spiro atoms. The highest BCUT2D eigenvalue weighted by Crippen LogP contribution is 2.23. The smallest absolute Gasteiger partial charge is 0.251 e. The monoisotopic (exact) mass is 275 g/mol. The van der Waals surface area contributed by atoms with Crippen LogP contribution in [0.4, 0.5) is 0 Å². The van der Waals surface area contributed by atoms with Crippen LogP contribution >= 0.6 is 0 Å². The lowest BCUT2D eigenvalue weighted by atomic mass is 9.87. The third-order valence-corrected chi connectivity index (χ3v) is 3.80. The highest BCUT2D eigenvalue weighted by atomic mass is 16.4. The van der Waals surface area contributed by atoms with Gasteiger partial charge in [-0.05, 0) is 30.9 Å². The average Bonchev–Trinajstić information content (AvgIpc) is 2.46. The highest BCUT2D eigenvalue weighted by Gasteiger charge is 2.21. The molecule has 5 nitrogen and oxygen atoms in total. The first kappa shape index (κ1) is 14.4. The lowest BCUT2D eigenvalue weighted by molar-refractivity contribution is 0.0921. The summed E-state index contributed by atoms with van der Waals surface area (Å²) in [6, 6.07) is 7.05. The number of nitrogens with two attached hydrogens (primary N) is 1. The van der Waals surface area contributed by atoms with Crippen LogP contribution < -0.4 is 11.1 Å². The van der Waals surface area contributed by atoms with Crippen LogP contribution in [0.1, 0.15) is 48.5 Å². The molecule has 108 valence electrons. The third kappa shape index (κ3) is 3.50. The Kier molecular flexibility index (Phi) is 4.61. The molecule has 0 aromatic heterocycles. The molecule has 0 bridgehead atoms. The van der Waals surface area contributed by atoms with Gasteiger partial charge in [-0.3, -0.25) is 4.79 Å². The highest BCUT2D eigenvalue weighted by molar-refractivity contribution is 6.01. The second kappa shape index (κ2) is 6.41. The second-order valence-corrected chi connectivity index (χ2v) is 5.51. The number of benzene rings is 1. The van der Waals surface area contributed by atoms with Gasteiger partial charge in [-0.1, -0.05) is 37.1 Å². The van der Waals surface area contributed by atoms with E-state index in [0.717, 1.165) is 19.3 Å². The van der Waals surface area contributed by atoms with E-state index in [9.17, 15) is 4.79 Å². The van der Waals surface area contributed by atoms with E-state index in [1.165, 1.54) is 6.42 Å². The number of oxime groups is 1. The molecule has 20 heavy (non-hydrogen) atoms. The van der Waals surface area contributed by atoms with Crippen LogP contribution in [0.25, 0.3) is 0 Å². The van der Waals surface area contributed by atoms with Crippen LogP contribution in [-0.4, -0.2) is 23.0 Å². The maximum absolute atomic E-state index is 12.2. The molecule has 5 heteroatoms. The molecule has 1 aliphatic carbocycles. The number of carbonyl (C=O) groups is 1. The van der Waals surface area contributed by atoms with Gasteiger partial charge in [0.15, 0.2) is 5.84 Å². The standard InChI is InChI=1S/C15H21N3O2/c1-10-4-2-7-13(8-10)17-15(19)12-6-3-5-11(9-12)14(16)18-20/h3,5-6,9-10,13,20H,2,4,7-8H2,1H3,(H2,16,18)(H,17,19). The Labute approximate surface area is 118 Å². The average molecular weight is 275 g/mol. The van der Waals surface area contributed by atoms with Gasteiger partial charge in [-0.15, -0.1) is 0 Å². The summed E-state index contributed by atoms with van der Waals surface area (Å²) in [5.41, 5.74) is 6.61. The van der Waals surface area contributed by atoms with Crippen LogP contribution in [0.5, 0.6) is 0 Å². The minimum absolute atomic E-state index is 0.00550. The molecule has 1 aromatic rings. The number of nitrogens with one attached hydrogen (secondary N) is 1. The Morgan fingerprint density at radius 3 is 2.85 bits per heavy atom. The molecule has 2 rings (SSSR count). The van der Waals surface area contributed by atoms with Gasteiger partial charge in [-0.2, -0.15) is 0 Å². The summed E-state index contributed by atoms with van der Waals surface area (Å²) in [5.74, 6) is 0.570. The van der Waals surface area contributed by atoms with Crippen molar-refractivity contribution in [1.29, 1.82) is 0 Å². The van der Waals surface area contributed by atoms with E-state index in [1.807, 2.05) is 0 Å². The summed E-state index contributed by atoms with van der Waals surface area (Å²) < 4.78 is 0. The van der Waals surface area contributed by atoms with Crippen molar-refractivity contribution in [3.63, 3.8) is 0 Å². The van der Waals surface area contributed by atoms with Crippen molar-refractivity contribution in [2.24, 2.45) is 16.8 Å². The second-order valence-electron chi connectivity index (χ2n) is 5.51. The Balaban J connectivity index is 2.05. The van der Waals surface area contributed by atoms with Crippen LogP contribution in [0.3, 0.4) is 0 Å². The predicted octanol–water partition coefficient (Wildman–Crippen LogP) is 2.09. The van der Waals surface area contributed by atoms with Crippen molar-refractivity contribution in [1.82, 2.24) is 5.32 Å². The minimum Gasteiger partial charge on any atom is -0.409 e. The molecule has 0 aliphatic heterocycles. The first-order valence-corrected chi connectivity index (χ1v) is 6.99. The maximum atomic E-state index is 12.2. The normalized spacial score (nSPS) is 23.4. The Morgan fingerprint density at radius 1 is 1.40 bits per heavy atom. The molecule has 1 amide bonds.